The lowest BCUT2D eigenvalue weighted by Crippen LogP contribution is -2.14. The fourth-order valence-electron chi connectivity index (χ4n) is 2.17. The normalized spacial score (nSPS) is 15.2. The van der Waals surface area contributed by atoms with Crippen molar-refractivity contribution in [2.45, 2.75) is 39.0 Å². The van der Waals surface area contributed by atoms with E-state index in [-0.39, 0.29) is 0 Å². The summed E-state index contributed by atoms with van der Waals surface area (Å²) in [6, 6.07) is 4.24. The van der Waals surface area contributed by atoms with Crippen LogP contribution in [-0.4, -0.2) is 5.78 Å². The zero-order chi connectivity index (χ0) is 10.8. The minimum atomic E-state index is 0.313. The van der Waals surface area contributed by atoms with Gasteiger partial charge in [-0.1, -0.05) is 31.0 Å². The van der Waals surface area contributed by atoms with E-state index in [1.54, 1.807) is 0 Å². The summed E-state index contributed by atoms with van der Waals surface area (Å²) in [5.74, 6) is 0.313. The van der Waals surface area contributed by atoms with E-state index in [0.29, 0.717) is 18.6 Å². The highest BCUT2D eigenvalue weighted by molar-refractivity contribution is 6.31. The summed E-state index contributed by atoms with van der Waals surface area (Å²) in [6.07, 6.45) is 4.28. The summed E-state index contributed by atoms with van der Waals surface area (Å²) in [7, 11) is 0. The SMILES string of the molecule is CCCc1cc(Cl)c2c(c1)CCC(=O)C2. The standard InChI is InChI=1S/C13H15ClO/c1-2-3-9-6-10-4-5-11(15)8-12(10)13(14)7-9/h6-7H,2-5,8H2,1H3. The molecule has 0 unspecified atom stereocenters. The van der Waals surface area contributed by atoms with Gasteiger partial charge in [0.05, 0.1) is 0 Å². The molecule has 1 aliphatic rings. The summed E-state index contributed by atoms with van der Waals surface area (Å²) < 4.78 is 0. The second-order valence-corrected chi connectivity index (χ2v) is 4.59. The molecule has 0 spiro atoms. The van der Waals surface area contributed by atoms with Crippen molar-refractivity contribution in [2.24, 2.45) is 0 Å². The molecular formula is C13H15ClO. The van der Waals surface area contributed by atoms with E-state index in [1.807, 2.05) is 6.07 Å². The topological polar surface area (TPSA) is 17.1 Å². The van der Waals surface area contributed by atoms with Gasteiger partial charge in [-0.15, -0.1) is 0 Å². The highest BCUT2D eigenvalue weighted by Gasteiger charge is 2.18. The van der Waals surface area contributed by atoms with Crippen molar-refractivity contribution in [1.29, 1.82) is 0 Å². The third kappa shape index (κ3) is 2.23. The van der Waals surface area contributed by atoms with E-state index in [0.717, 1.165) is 29.8 Å². The highest BCUT2D eigenvalue weighted by Crippen LogP contribution is 2.28. The van der Waals surface area contributed by atoms with Gasteiger partial charge in [0.2, 0.25) is 0 Å². The number of hydrogen-bond acceptors (Lipinski definition) is 1. The molecule has 1 aromatic rings. The van der Waals surface area contributed by atoms with Gasteiger partial charge in [0, 0.05) is 17.9 Å². The largest absolute Gasteiger partial charge is 0.299 e. The summed E-state index contributed by atoms with van der Waals surface area (Å²) >= 11 is 6.20. The van der Waals surface area contributed by atoms with Gasteiger partial charge < -0.3 is 0 Å². The zero-order valence-electron chi connectivity index (χ0n) is 8.98. The number of hydrogen-bond donors (Lipinski definition) is 0. The number of halogens is 1. The molecule has 2 heteroatoms. The third-order valence-corrected chi connectivity index (χ3v) is 3.27. The number of aryl methyl sites for hydroxylation is 2. The first-order chi connectivity index (χ1) is 7.20. The van der Waals surface area contributed by atoms with Crippen LogP contribution in [0.3, 0.4) is 0 Å². The average molecular weight is 223 g/mol. The van der Waals surface area contributed by atoms with Crippen molar-refractivity contribution in [3.8, 4) is 0 Å². The van der Waals surface area contributed by atoms with E-state index >= 15 is 0 Å². The second kappa shape index (κ2) is 4.36. The quantitative estimate of drug-likeness (QED) is 0.750. The molecule has 0 amide bonds. The lowest BCUT2D eigenvalue weighted by Gasteiger charge is -2.17. The Morgan fingerprint density at radius 3 is 2.87 bits per heavy atom. The minimum absolute atomic E-state index is 0.313. The molecule has 1 nitrogen and oxygen atoms in total. The molecule has 1 aliphatic carbocycles. The summed E-state index contributed by atoms with van der Waals surface area (Å²) in [5, 5.41) is 0.781. The van der Waals surface area contributed by atoms with E-state index in [9.17, 15) is 4.79 Å². The first-order valence-electron chi connectivity index (χ1n) is 5.52. The molecule has 2 rings (SSSR count). The number of carbonyl (C=O) groups is 1. The molecule has 0 saturated carbocycles. The second-order valence-electron chi connectivity index (χ2n) is 4.18. The van der Waals surface area contributed by atoms with Gasteiger partial charge in [-0.25, -0.2) is 0 Å². The summed E-state index contributed by atoms with van der Waals surface area (Å²) in [6.45, 7) is 2.16. The molecule has 0 heterocycles. The van der Waals surface area contributed by atoms with Crippen molar-refractivity contribution in [1.82, 2.24) is 0 Å². The van der Waals surface area contributed by atoms with Gasteiger partial charge in [-0.05, 0) is 35.6 Å². The Hall–Kier alpha value is -0.820. The third-order valence-electron chi connectivity index (χ3n) is 2.93. The van der Waals surface area contributed by atoms with E-state index in [2.05, 4.69) is 13.0 Å². The smallest absolute Gasteiger partial charge is 0.137 e. The van der Waals surface area contributed by atoms with Crippen LogP contribution in [0.15, 0.2) is 12.1 Å². The Bertz CT molecular complexity index is 396. The van der Waals surface area contributed by atoms with Gasteiger partial charge >= 0.3 is 0 Å². The maximum Gasteiger partial charge on any atom is 0.137 e. The monoisotopic (exact) mass is 222 g/mol. The van der Waals surface area contributed by atoms with Crippen LogP contribution in [0.4, 0.5) is 0 Å². The lowest BCUT2D eigenvalue weighted by atomic mass is 9.89. The molecule has 80 valence electrons. The molecule has 0 atom stereocenters. The van der Waals surface area contributed by atoms with Crippen molar-refractivity contribution in [3.63, 3.8) is 0 Å². The van der Waals surface area contributed by atoms with Crippen LogP contribution in [0, 0.1) is 0 Å². The first kappa shape index (κ1) is 10.7. The van der Waals surface area contributed by atoms with Crippen LogP contribution in [0.25, 0.3) is 0 Å². The Morgan fingerprint density at radius 2 is 2.13 bits per heavy atom. The van der Waals surface area contributed by atoms with E-state index in [1.165, 1.54) is 11.1 Å². The van der Waals surface area contributed by atoms with Crippen molar-refractivity contribution >= 4 is 17.4 Å². The Labute approximate surface area is 95.4 Å². The van der Waals surface area contributed by atoms with Gasteiger partial charge in [-0.3, -0.25) is 4.79 Å². The van der Waals surface area contributed by atoms with Crippen molar-refractivity contribution in [3.05, 3.63) is 33.8 Å². The Morgan fingerprint density at radius 1 is 1.33 bits per heavy atom. The van der Waals surface area contributed by atoms with E-state index in [4.69, 9.17) is 11.6 Å². The van der Waals surface area contributed by atoms with Gasteiger partial charge in [0.1, 0.15) is 5.78 Å². The van der Waals surface area contributed by atoms with Crippen LogP contribution in [-0.2, 0) is 24.1 Å². The molecule has 15 heavy (non-hydrogen) atoms. The van der Waals surface area contributed by atoms with Gasteiger partial charge in [-0.2, -0.15) is 0 Å². The maximum atomic E-state index is 11.3. The molecule has 0 aliphatic heterocycles. The number of fused-ring (bicyclic) bond motifs is 1. The number of carbonyl (C=O) groups excluding carboxylic acids is 1. The number of rotatable bonds is 2. The average Bonchev–Trinajstić information content (AvgIpc) is 2.20. The van der Waals surface area contributed by atoms with Gasteiger partial charge in [0.15, 0.2) is 0 Å². The molecule has 1 aromatic carbocycles. The van der Waals surface area contributed by atoms with Crippen LogP contribution in [0.5, 0.6) is 0 Å². The predicted octanol–water partition coefficient (Wildman–Crippen LogP) is 3.35. The fourth-order valence-corrected chi connectivity index (χ4v) is 2.50. The zero-order valence-corrected chi connectivity index (χ0v) is 9.73. The first-order valence-corrected chi connectivity index (χ1v) is 5.90. The maximum absolute atomic E-state index is 11.3. The number of ketones is 1. The Kier molecular flexibility index (Phi) is 3.11. The molecule has 0 fully saturated rings. The van der Waals surface area contributed by atoms with Crippen LogP contribution < -0.4 is 0 Å². The summed E-state index contributed by atoms with van der Waals surface area (Å²) in [5.41, 5.74) is 3.65. The summed E-state index contributed by atoms with van der Waals surface area (Å²) in [4.78, 5) is 11.3. The molecule has 0 saturated heterocycles. The van der Waals surface area contributed by atoms with Crippen LogP contribution >= 0.6 is 11.6 Å². The van der Waals surface area contributed by atoms with Crippen LogP contribution in [0.2, 0.25) is 5.02 Å². The predicted molar refractivity (Wildman–Crippen MR) is 62.5 cm³/mol. The Balaban J connectivity index is 2.38. The molecule has 0 radical (unpaired) electrons. The molecule has 0 N–H and O–H groups in total. The molecule has 0 aromatic heterocycles. The number of benzene rings is 1. The highest BCUT2D eigenvalue weighted by atomic mass is 35.5. The van der Waals surface area contributed by atoms with E-state index < -0.39 is 0 Å². The van der Waals surface area contributed by atoms with Crippen molar-refractivity contribution in [2.75, 3.05) is 0 Å². The molecular weight excluding hydrogens is 208 g/mol. The molecule has 0 bridgehead atoms. The fraction of sp³-hybridized carbons (Fsp3) is 0.462. The van der Waals surface area contributed by atoms with Gasteiger partial charge in [0.25, 0.3) is 0 Å². The number of Topliss-reactive ketones (excluding diaryl/α,β-unsaturated/α-hetero) is 1. The minimum Gasteiger partial charge on any atom is -0.299 e. The van der Waals surface area contributed by atoms with Crippen LogP contribution in [0.1, 0.15) is 36.5 Å². The van der Waals surface area contributed by atoms with Crippen molar-refractivity contribution < 1.29 is 4.79 Å². The lowest BCUT2D eigenvalue weighted by molar-refractivity contribution is -0.118.